The lowest BCUT2D eigenvalue weighted by molar-refractivity contribution is -0.147. The van der Waals surface area contributed by atoms with Gasteiger partial charge in [0.25, 0.3) is 5.91 Å². The zero-order valence-electron chi connectivity index (χ0n) is 21.4. The van der Waals surface area contributed by atoms with E-state index < -0.39 is 11.5 Å². The Morgan fingerprint density at radius 3 is 2.47 bits per heavy atom. The predicted molar refractivity (Wildman–Crippen MR) is 140 cm³/mol. The number of nitrogens with one attached hydrogen (secondary N) is 1. The average molecular weight is 488 g/mol. The van der Waals surface area contributed by atoms with Gasteiger partial charge < -0.3 is 20.2 Å². The molecule has 1 aliphatic rings. The number of rotatable bonds is 6. The van der Waals surface area contributed by atoms with Crippen molar-refractivity contribution in [1.82, 2.24) is 9.80 Å². The number of hydrogen-bond acceptors (Lipinski definition) is 4. The van der Waals surface area contributed by atoms with Crippen LogP contribution in [0.1, 0.15) is 61.1 Å². The molecule has 0 aromatic heterocycles. The Kier molecular flexibility index (Phi) is 8.78. The standard InChI is InChI=1S/C27H37N3O3.ClH/c1-8-27(4,5)26(33)30-14-13-20-11-10-19(16-29(6)7)15-21(20)23(30)25(32)28-22-12-9-17(2)24(31)18(22)3;/h9-12,15,23,31H,8,13-14,16H2,1-7H3,(H,28,32);1H. The molecule has 3 rings (SSSR count). The molecule has 2 N–H and O–H groups in total. The molecule has 2 amide bonds. The van der Waals surface area contributed by atoms with Crippen LogP contribution in [-0.2, 0) is 22.6 Å². The van der Waals surface area contributed by atoms with Crippen molar-refractivity contribution in [2.24, 2.45) is 5.41 Å². The predicted octanol–water partition coefficient (Wildman–Crippen LogP) is 4.99. The van der Waals surface area contributed by atoms with E-state index >= 15 is 0 Å². The molecular weight excluding hydrogens is 450 g/mol. The van der Waals surface area contributed by atoms with Gasteiger partial charge in [-0.25, -0.2) is 0 Å². The van der Waals surface area contributed by atoms with Crippen LogP contribution in [0.2, 0.25) is 0 Å². The van der Waals surface area contributed by atoms with Gasteiger partial charge in [-0.05, 0) is 69.1 Å². The summed E-state index contributed by atoms with van der Waals surface area (Å²) in [6.07, 6.45) is 1.41. The molecule has 6 nitrogen and oxygen atoms in total. The molecule has 34 heavy (non-hydrogen) atoms. The molecule has 2 aromatic rings. The summed E-state index contributed by atoms with van der Waals surface area (Å²) in [6.45, 7) is 10.7. The van der Waals surface area contributed by atoms with E-state index in [1.165, 1.54) is 0 Å². The van der Waals surface area contributed by atoms with E-state index in [1.807, 2.05) is 41.8 Å². The van der Waals surface area contributed by atoms with E-state index in [2.05, 4.69) is 28.4 Å². The highest BCUT2D eigenvalue weighted by molar-refractivity contribution is 5.99. The Balaban J connectivity index is 0.00000408. The van der Waals surface area contributed by atoms with E-state index in [0.29, 0.717) is 24.2 Å². The second-order valence-electron chi connectivity index (χ2n) is 10.1. The molecule has 0 saturated carbocycles. The third kappa shape index (κ3) is 5.56. The van der Waals surface area contributed by atoms with Crippen molar-refractivity contribution < 1.29 is 14.7 Å². The molecule has 1 atom stereocenters. The van der Waals surface area contributed by atoms with Crippen LogP contribution in [0.5, 0.6) is 5.75 Å². The summed E-state index contributed by atoms with van der Waals surface area (Å²) < 4.78 is 0. The fourth-order valence-corrected chi connectivity index (χ4v) is 4.34. The maximum absolute atomic E-state index is 13.7. The van der Waals surface area contributed by atoms with Crippen molar-refractivity contribution in [3.8, 4) is 5.75 Å². The average Bonchev–Trinajstić information content (AvgIpc) is 2.77. The van der Waals surface area contributed by atoms with E-state index in [1.54, 1.807) is 24.0 Å². The summed E-state index contributed by atoms with van der Waals surface area (Å²) >= 11 is 0. The molecule has 186 valence electrons. The zero-order chi connectivity index (χ0) is 24.5. The number of carbonyl (C=O) groups excluding carboxylic acids is 2. The van der Waals surface area contributed by atoms with Crippen LogP contribution in [0, 0.1) is 19.3 Å². The van der Waals surface area contributed by atoms with Gasteiger partial charge in [0, 0.05) is 29.8 Å². The molecule has 2 aromatic carbocycles. The van der Waals surface area contributed by atoms with Gasteiger partial charge in [0.2, 0.25) is 5.91 Å². The van der Waals surface area contributed by atoms with Gasteiger partial charge in [-0.3, -0.25) is 9.59 Å². The van der Waals surface area contributed by atoms with Crippen LogP contribution in [0.15, 0.2) is 30.3 Å². The van der Waals surface area contributed by atoms with Gasteiger partial charge in [0.1, 0.15) is 11.8 Å². The number of halogens is 1. The van der Waals surface area contributed by atoms with Crippen LogP contribution >= 0.6 is 12.4 Å². The Hall–Kier alpha value is -2.57. The molecule has 0 bridgehead atoms. The fourth-order valence-electron chi connectivity index (χ4n) is 4.34. The molecular formula is C27H38ClN3O3. The molecule has 0 saturated heterocycles. The van der Waals surface area contributed by atoms with Crippen molar-refractivity contribution in [2.45, 2.75) is 60.0 Å². The molecule has 1 unspecified atom stereocenters. The van der Waals surface area contributed by atoms with Gasteiger partial charge in [0.05, 0.1) is 0 Å². The normalized spacial score (nSPS) is 15.5. The van der Waals surface area contributed by atoms with E-state index in [9.17, 15) is 14.7 Å². The van der Waals surface area contributed by atoms with Crippen LogP contribution in [0.4, 0.5) is 5.69 Å². The van der Waals surface area contributed by atoms with E-state index in [0.717, 1.165) is 35.2 Å². The number of aryl methyl sites for hydroxylation is 1. The monoisotopic (exact) mass is 487 g/mol. The number of phenolic OH excluding ortho intramolecular Hbond substituents is 1. The largest absolute Gasteiger partial charge is 0.507 e. The lowest BCUT2D eigenvalue weighted by Crippen LogP contribution is -2.49. The second-order valence-corrected chi connectivity index (χ2v) is 10.1. The molecule has 1 aliphatic heterocycles. The summed E-state index contributed by atoms with van der Waals surface area (Å²) in [4.78, 5) is 31.1. The molecule has 1 heterocycles. The number of fused-ring (bicyclic) bond motifs is 1. The second kappa shape index (κ2) is 10.8. The quantitative estimate of drug-likeness (QED) is 0.601. The van der Waals surface area contributed by atoms with E-state index in [4.69, 9.17) is 0 Å². The Morgan fingerprint density at radius 1 is 1.18 bits per heavy atom. The van der Waals surface area contributed by atoms with Crippen LogP contribution in [0.25, 0.3) is 0 Å². The lowest BCUT2D eigenvalue weighted by atomic mass is 9.84. The van der Waals surface area contributed by atoms with Crippen molar-refractivity contribution >= 4 is 29.9 Å². The number of anilines is 1. The first kappa shape index (κ1) is 27.7. The van der Waals surface area contributed by atoms with Crippen molar-refractivity contribution in [2.75, 3.05) is 26.0 Å². The van der Waals surface area contributed by atoms with Crippen molar-refractivity contribution in [1.29, 1.82) is 0 Å². The fraction of sp³-hybridized carbons (Fsp3) is 0.481. The van der Waals surface area contributed by atoms with Gasteiger partial charge in [0.15, 0.2) is 0 Å². The smallest absolute Gasteiger partial charge is 0.251 e. The first-order valence-corrected chi connectivity index (χ1v) is 11.6. The topological polar surface area (TPSA) is 72.9 Å². The number of nitrogens with zero attached hydrogens (tertiary/aromatic N) is 2. The number of hydrogen-bond donors (Lipinski definition) is 2. The summed E-state index contributed by atoms with van der Waals surface area (Å²) in [5.41, 5.74) is 4.45. The van der Waals surface area contributed by atoms with Crippen molar-refractivity contribution in [3.63, 3.8) is 0 Å². The summed E-state index contributed by atoms with van der Waals surface area (Å²) in [5, 5.41) is 13.3. The maximum atomic E-state index is 13.7. The van der Waals surface area contributed by atoms with Crippen LogP contribution < -0.4 is 5.32 Å². The first-order valence-electron chi connectivity index (χ1n) is 11.6. The minimum atomic E-state index is -0.725. The third-order valence-corrected chi connectivity index (χ3v) is 6.80. The van der Waals surface area contributed by atoms with Gasteiger partial charge >= 0.3 is 0 Å². The molecule has 0 spiro atoms. The van der Waals surface area contributed by atoms with Gasteiger partial charge in [-0.2, -0.15) is 0 Å². The molecule has 0 fully saturated rings. The third-order valence-electron chi connectivity index (χ3n) is 6.80. The van der Waals surface area contributed by atoms with Gasteiger partial charge in [-0.1, -0.05) is 45.0 Å². The summed E-state index contributed by atoms with van der Waals surface area (Å²) in [6, 6.07) is 9.12. The SMILES string of the molecule is CCC(C)(C)C(=O)N1CCc2ccc(CN(C)C)cc2C1C(=O)Nc1ccc(C)c(O)c1C.Cl. The first-order chi connectivity index (χ1) is 15.5. The Bertz CT molecular complexity index is 1070. The molecule has 7 heteroatoms. The van der Waals surface area contributed by atoms with E-state index in [-0.39, 0.29) is 30.0 Å². The Morgan fingerprint density at radius 2 is 1.85 bits per heavy atom. The highest BCUT2D eigenvalue weighted by atomic mass is 35.5. The summed E-state index contributed by atoms with van der Waals surface area (Å²) in [5.74, 6) is -0.105. The highest BCUT2D eigenvalue weighted by Gasteiger charge is 2.41. The van der Waals surface area contributed by atoms with Gasteiger partial charge in [-0.15, -0.1) is 12.4 Å². The zero-order valence-corrected chi connectivity index (χ0v) is 22.2. The number of amides is 2. The number of phenols is 1. The minimum Gasteiger partial charge on any atom is -0.507 e. The van der Waals surface area contributed by atoms with Crippen molar-refractivity contribution in [3.05, 3.63) is 58.1 Å². The number of carbonyl (C=O) groups is 2. The van der Waals surface area contributed by atoms with Crippen LogP contribution in [0.3, 0.4) is 0 Å². The summed E-state index contributed by atoms with van der Waals surface area (Å²) in [7, 11) is 4.02. The molecule has 0 radical (unpaired) electrons. The Labute approximate surface area is 209 Å². The van der Waals surface area contributed by atoms with Crippen LogP contribution in [-0.4, -0.2) is 47.4 Å². The molecule has 0 aliphatic carbocycles. The number of benzene rings is 2. The lowest BCUT2D eigenvalue weighted by Gasteiger charge is -2.40. The number of aromatic hydroxyl groups is 1. The maximum Gasteiger partial charge on any atom is 0.251 e. The minimum absolute atomic E-state index is 0. The highest BCUT2D eigenvalue weighted by Crippen LogP contribution is 2.37.